The van der Waals surface area contributed by atoms with Crippen LogP contribution in [-0.4, -0.2) is 24.7 Å². The van der Waals surface area contributed by atoms with Crippen LogP contribution in [0.5, 0.6) is 0 Å². The van der Waals surface area contributed by atoms with E-state index < -0.39 is 5.97 Å². The van der Waals surface area contributed by atoms with Gasteiger partial charge < -0.3 is 10.4 Å². The maximum Gasteiger partial charge on any atom is 0.306 e. The molecule has 0 saturated heterocycles. The summed E-state index contributed by atoms with van der Waals surface area (Å²) in [6, 6.07) is 0. The third-order valence-corrected chi connectivity index (χ3v) is 2.09. The molecule has 66 valence electrons. The minimum absolute atomic E-state index is 0.243. The summed E-state index contributed by atoms with van der Waals surface area (Å²) in [6.45, 7) is 4.55. The highest BCUT2D eigenvalue weighted by molar-refractivity contribution is 5.69. The Balaban J connectivity index is 3.91. The number of carboxylic acid groups (broad SMARTS) is 1. The van der Waals surface area contributed by atoms with Crippen LogP contribution in [0.4, 0.5) is 0 Å². The van der Waals surface area contributed by atoms with Gasteiger partial charge in [-0.25, -0.2) is 0 Å². The summed E-state index contributed by atoms with van der Waals surface area (Å²) in [7, 11) is 1.84. The molecule has 0 aliphatic carbocycles. The van der Waals surface area contributed by atoms with E-state index in [0.29, 0.717) is 0 Å². The van der Waals surface area contributed by atoms with Crippen molar-refractivity contribution in [1.29, 1.82) is 0 Å². The lowest BCUT2D eigenvalue weighted by Gasteiger charge is -2.18. The molecule has 0 amide bonds. The van der Waals surface area contributed by atoms with Crippen molar-refractivity contribution in [2.24, 2.45) is 11.8 Å². The molecule has 0 radical (unpaired) electrons. The molecule has 2 N–H and O–H groups in total. The first-order valence-electron chi connectivity index (χ1n) is 4.00. The van der Waals surface area contributed by atoms with Crippen LogP contribution in [0.25, 0.3) is 0 Å². The van der Waals surface area contributed by atoms with Crippen molar-refractivity contribution < 1.29 is 9.90 Å². The molecule has 0 fully saturated rings. The van der Waals surface area contributed by atoms with E-state index in [9.17, 15) is 4.79 Å². The largest absolute Gasteiger partial charge is 0.481 e. The van der Waals surface area contributed by atoms with E-state index in [1.165, 1.54) is 0 Å². The smallest absolute Gasteiger partial charge is 0.306 e. The van der Waals surface area contributed by atoms with Crippen LogP contribution in [0, 0.1) is 11.8 Å². The number of hydrogen-bond acceptors (Lipinski definition) is 2. The topological polar surface area (TPSA) is 49.3 Å². The zero-order chi connectivity index (χ0) is 8.85. The van der Waals surface area contributed by atoms with Crippen molar-refractivity contribution in [3.8, 4) is 0 Å². The van der Waals surface area contributed by atoms with E-state index in [0.717, 1.165) is 13.0 Å². The van der Waals surface area contributed by atoms with E-state index in [1.807, 2.05) is 14.0 Å². The summed E-state index contributed by atoms with van der Waals surface area (Å²) in [5.41, 5.74) is 0. The molecule has 2 unspecified atom stereocenters. The highest BCUT2D eigenvalue weighted by atomic mass is 16.4. The molecule has 3 nitrogen and oxygen atoms in total. The van der Waals surface area contributed by atoms with Crippen LogP contribution < -0.4 is 5.32 Å². The maximum absolute atomic E-state index is 10.5. The molecule has 0 bridgehead atoms. The molecule has 0 saturated carbocycles. The Morgan fingerprint density at radius 1 is 1.64 bits per heavy atom. The van der Waals surface area contributed by atoms with E-state index in [-0.39, 0.29) is 11.8 Å². The van der Waals surface area contributed by atoms with Gasteiger partial charge in [-0.2, -0.15) is 0 Å². The van der Waals surface area contributed by atoms with Gasteiger partial charge in [0, 0.05) is 0 Å². The zero-order valence-corrected chi connectivity index (χ0v) is 7.42. The molecule has 0 aromatic carbocycles. The summed E-state index contributed by atoms with van der Waals surface area (Å²) < 4.78 is 0. The predicted octanol–water partition coefficient (Wildman–Crippen LogP) is 0.953. The molecule has 11 heavy (non-hydrogen) atoms. The van der Waals surface area contributed by atoms with E-state index >= 15 is 0 Å². The quantitative estimate of drug-likeness (QED) is 0.628. The molecule has 3 heteroatoms. The van der Waals surface area contributed by atoms with Crippen LogP contribution in [-0.2, 0) is 4.79 Å². The van der Waals surface area contributed by atoms with Gasteiger partial charge >= 0.3 is 5.97 Å². The van der Waals surface area contributed by atoms with E-state index in [2.05, 4.69) is 5.32 Å². The molecule has 0 spiro atoms. The van der Waals surface area contributed by atoms with Crippen molar-refractivity contribution in [2.45, 2.75) is 20.3 Å². The Labute approximate surface area is 67.8 Å². The summed E-state index contributed by atoms with van der Waals surface area (Å²) in [5, 5.41) is 11.7. The lowest BCUT2D eigenvalue weighted by atomic mass is 9.92. The van der Waals surface area contributed by atoms with Crippen molar-refractivity contribution in [3.63, 3.8) is 0 Å². The number of carbonyl (C=O) groups is 1. The first-order chi connectivity index (χ1) is 5.13. The number of rotatable bonds is 5. The number of carboxylic acids is 1. The molecule has 0 rings (SSSR count). The van der Waals surface area contributed by atoms with Crippen LogP contribution in [0.1, 0.15) is 20.3 Å². The van der Waals surface area contributed by atoms with Gasteiger partial charge in [0.25, 0.3) is 0 Å². The van der Waals surface area contributed by atoms with Crippen LogP contribution in [0.15, 0.2) is 0 Å². The molecule has 0 aromatic heterocycles. The number of nitrogens with one attached hydrogen (secondary N) is 1. The lowest BCUT2D eigenvalue weighted by molar-refractivity contribution is -0.142. The van der Waals surface area contributed by atoms with E-state index in [4.69, 9.17) is 5.11 Å². The first-order valence-corrected chi connectivity index (χ1v) is 4.00. The second-order valence-corrected chi connectivity index (χ2v) is 2.85. The van der Waals surface area contributed by atoms with Gasteiger partial charge in [0.2, 0.25) is 0 Å². The Bertz CT molecular complexity index is 125. The Morgan fingerprint density at radius 2 is 2.18 bits per heavy atom. The van der Waals surface area contributed by atoms with Crippen molar-refractivity contribution >= 4 is 5.97 Å². The van der Waals surface area contributed by atoms with Gasteiger partial charge in [-0.05, 0) is 19.5 Å². The Kier molecular flexibility index (Phi) is 4.86. The first kappa shape index (κ1) is 10.4. The van der Waals surface area contributed by atoms with Crippen molar-refractivity contribution in [2.75, 3.05) is 13.6 Å². The molecule has 2 atom stereocenters. The molecular weight excluding hydrogens is 142 g/mol. The van der Waals surface area contributed by atoms with Gasteiger partial charge in [0.15, 0.2) is 0 Å². The van der Waals surface area contributed by atoms with Crippen molar-refractivity contribution in [3.05, 3.63) is 0 Å². The highest BCUT2D eigenvalue weighted by Gasteiger charge is 2.20. The third kappa shape index (κ3) is 3.37. The predicted molar refractivity (Wildman–Crippen MR) is 44.5 cm³/mol. The third-order valence-electron chi connectivity index (χ3n) is 2.09. The minimum atomic E-state index is -0.702. The average molecular weight is 159 g/mol. The fraction of sp³-hybridized carbons (Fsp3) is 0.875. The fourth-order valence-corrected chi connectivity index (χ4v) is 1.14. The summed E-state index contributed by atoms with van der Waals surface area (Å²) in [5.74, 6) is -0.697. The van der Waals surface area contributed by atoms with Crippen molar-refractivity contribution in [1.82, 2.24) is 5.32 Å². The normalized spacial score (nSPS) is 15.9. The second-order valence-electron chi connectivity index (χ2n) is 2.85. The zero-order valence-electron chi connectivity index (χ0n) is 7.42. The van der Waals surface area contributed by atoms with Crippen LogP contribution >= 0.6 is 0 Å². The molecule has 0 aromatic rings. The summed E-state index contributed by atoms with van der Waals surface area (Å²) >= 11 is 0. The van der Waals surface area contributed by atoms with Gasteiger partial charge in [-0.15, -0.1) is 0 Å². The standard InChI is InChI=1S/C8H17NO2/c1-4-7(5-9-3)6(2)8(10)11/h6-7,9H,4-5H2,1-3H3,(H,10,11). The fourth-order valence-electron chi connectivity index (χ4n) is 1.14. The summed E-state index contributed by atoms with van der Waals surface area (Å²) in [4.78, 5) is 10.5. The molecular formula is C8H17NO2. The molecule has 0 aliphatic heterocycles. The van der Waals surface area contributed by atoms with Gasteiger partial charge in [0.05, 0.1) is 5.92 Å². The average Bonchev–Trinajstić information content (AvgIpc) is 1.98. The second kappa shape index (κ2) is 5.13. The number of hydrogen-bond donors (Lipinski definition) is 2. The van der Waals surface area contributed by atoms with Crippen LogP contribution in [0.2, 0.25) is 0 Å². The highest BCUT2D eigenvalue weighted by Crippen LogP contribution is 2.14. The number of aliphatic carboxylic acids is 1. The Hall–Kier alpha value is -0.570. The monoisotopic (exact) mass is 159 g/mol. The van der Waals surface area contributed by atoms with Gasteiger partial charge in [-0.1, -0.05) is 20.3 Å². The van der Waals surface area contributed by atoms with E-state index in [1.54, 1.807) is 6.92 Å². The SMILES string of the molecule is CCC(CNC)C(C)C(=O)O. The van der Waals surface area contributed by atoms with Crippen LogP contribution in [0.3, 0.4) is 0 Å². The molecule has 0 heterocycles. The maximum atomic E-state index is 10.5. The molecule has 0 aliphatic rings. The Morgan fingerprint density at radius 3 is 2.45 bits per heavy atom. The minimum Gasteiger partial charge on any atom is -0.481 e. The van der Waals surface area contributed by atoms with Gasteiger partial charge in [-0.3, -0.25) is 4.79 Å². The summed E-state index contributed by atoms with van der Waals surface area (Å²) in [6.07, 6.45) is 0.911. The lowest BCUT2D eigenvalue weighted by Crippen LogP contribution is -2.28. The van der Waals surface area contributed by atoms with Gasteiger partial charge in [0.1, 0.15) is 0 Å².